The molecule has 28 heavy (non-hydrogen) atoms. The number of rotatable bonds is 7. The molecule has 0 spiro atoms. The number of benzene rings is 2. The van der Waals surface area contributed by atoms with Crippen LogP contribution in [0.2, 0.25) is 0 Å². The summed E-state index contributed by atoms with van der Waals surface area (Å²) in [5, 5.41) is 13.6. The Morgan fingerprint density at radius 1 is 1.11 bits per heavy atom. The summed E-state index contributed by atoms with van der Waals surface area (Å²) in [7, 11) is 0. The average Bonchev–Trinajstić information content (AvgIpc) is 3.20. The summed E-state index contributed by atoms with van der Waals surface area (Å²) >= 11 is 0. The summed E-state index contributed by atoms with van der Waals surface area (Å²) in [5.41, 5.74) is 4.36. The Hall–Kier alpha value is -3.28. The highest BCUT2D eigenvalue weighted by Gasteiger charge is 2.04. The Morgan fingerprint density at radius 2 is 1.89 bits per heavy atom. The maximum absolute atomic E-state index is 5.70. The molecule has 0 aliphatic carbocycles. The Balaban J connectivity index is 1.71. The number of aromatic nitrogens is 2. The number of aryl methyl sites for hydroxylation is 1. The van der Waals surface area contributed by atoms with Crippen molar-refractivity contribution in [2.75, 3.05) is 5.32 Å². The van der Waals surface area contributed by atoms with E-state index in [1.807, 2.05) is 56.3 Å². The van der Waals surface area contributed by atoms with E-state index in [4.69, 9.17) is 9.73 Å². The first kappa shape index (κ1) is 19.5. The second kappa shape index (κ2) is 9.60. The van der Waals surface area contributed by atoms with Crippen LogP contribution in [-0.2, 0) is 13.1 Å². The maximum atomic E-state index is 5.70. The maximum Gasteiger partial charge on any atom is 0.196 e. The van der Waals surface area contributed by atoms with Gasteiger partial charge in [-0.15, -0.1) is 0 Å². The van der Waals surface area contributed by atoms with E-state index >= 15 is 0 Å². The zero-order valence-corrected chi connectivity index (χ0v) is 16.6. The lowest BCUT2D eigenvalue weighted by Gasteiger charge is -2.14. The fourth-order valence-corrected chi connectivity index (χ4v) is 2.68. The minimum Gasteiger partial charge on any atom is -0.491 e. The molecule has 0 fully saturated rings. The zero-order valence-electron chi connectivity index (χ0n) is 16.6. The first-order chi connectivity index (χ1) is 13.6. The van der Waals surface area contributed by atoms with Gasteiger partial charge in [0.1, 0.15) is 5.75 Å². The second-order valence-electron chi connectivity index (χ2n) is 6.84. The first-order valence-corrected chi connectivity index (χ1v) is 9.45. The van der Waals surface area contributed by atoms with E-state index in [1.54, 1.807) is 6.20 Å². The van der Waals surface area contributed by atoms with Gasteiger partial charge in [0.15, 0.2) is 5.96 Å². The van der Waals surface area contributed by atoms with Crippen LogP contribution in [0.3, 0.4) is 0 Å². The number of guanidine groups is 1. The van der Waals surface area contributed by atoms with Crippen molar-refractivity contribution < 1.29 is 4.74 Å². The number of hydrogen-bond donors (Lipinski definition) is 3. The van der Waals surface area contributed by atoms with Crippen molar-refractivity contribution >= 4 is 11.6 Å². The van der Waals surface area contributed by atoms with Crippen molar-refractivity contribution in [1.82, 2.24) is 15.5 Å². The normalized spacial score (nSPS) is 11.5. The van der Waals surface area contributed by atoms with E-state index in [0.717, 1.165) is 17.1 Å². The molecule has 0 saturated heterocycles. The molecular formula is C22H27N5O. The highest BCUT2D eigenvalue weighted by atomic mass is 16.5. The number of H-pyrrole nitrogens is 1. The summed E-state index contributed by atoms with van der Waals surface area (Å²) in [6, 6.07) is 18.1. The van der Waals surface area contributed by atoms with Crippen molar-refractivity contribution in [3.05, 3.63) is 77.6 Å². The lowest BCUT2D eigenvalue weighted by molar-refractivity contribution is 0.242. The predicted octanol–water partition coefficient (Wildman–Crippen LogP) is 4.26. The van der Waals surface area contributed by atoms with Crippen LogP contribution in [0.15, 0.2) is 65.8 Å². The molecule has 0 radical (unpaired) electrons. The molecule has 0 bridgehead atoms. The third-order valence-electron chi connectivity index (χ3n) is 4.16. The number of anilines is 1. The van der Waals surface area contributed by atoms with Gasteiger partial charge in [-0.25, -0.2) is 4.99 Å². The molecule has 2 aromatic carbocycles. The van der Waals surface area contributed by atoms with Crippen LogP contribution >= 0.6 is 0 Å². The largest absolute Gasteiger partial charge is 0.491 e. The van der Waals surface area contributed by atoms with Gasteiger partial charge in [-0.3, -0.25) is 5.10 Å². The molecule has 0 saturated carbocycles. The molecule has 0 aliphatic heterocycles. The molecule has 1 aromatic heterocycles. The van der Waals surface area contributed by atoms with Crippen molar-refractivity contribution in [2.24, 2.45) is 4.99 Å². The van der Waals surface area contributed by atoms with E-state index < -0.39 is 0 Å². The van der Waals surface area contributed by atoms with Gasteiger partial charge in [0.25, 0.3) is 0 Å². The number of ether oxygens (including phenoxy) is 1. The minimum atomic E-state index is 0.154. The van der Waals surface area contributed by atoms with Gasteiger partial charge in [-0.05, 0) is 62.2 Å². The molecule has 1 heterocycles. The SMILES string of the molecule is Cc1ccccc1CN=C(NCc1ccn[nH]1)Nc1ccc(OC(C)C)cc1. The highest BCUT2D eigenvalue weighted by Crippen LogP contribution is 2.17. The minimum absolute atomic E-state index is 0.154. The lowest BCUT2D eigenvalue weighted by Crippen LogP contribution is -2.30. The van der Waals surface area contributed by atoms with Crippen LogP contribution in [0.5, 0.6) is 5.75 Å². The quantitative estimate of drug-likeness (QED) is 0.425. The monoisotopic (exact) mass is 377 g/mol. The van der Waals surface area contributed by atoms with Crippen molar-refractivity contribution in [2.45, 2.75) is 40.0 Å². The van der Waals surface area contributed by atoms with Gasteiger partial charge >= 0.3 is 0 Å². The lowest BCUT2D eigenvalue weighted by atomic mass is 10.1. The number of nitrogens with zero attached hydrogens (tertiary/aromatic N) is 2. The van der Waals surface area contributed by atoms with Crippen LogP contribution in [0.4, 0.5) is 5.69 Å². The summed E-state index contributed by atoms with van der Waals surface area (Å²) in [6.07, 6.45) is 1.89. The van der Waals surface area contributed by atoms with Gasteiger partial charge < -0.3 is 15.4 Å². The van der Waals surface area contributed by atoms with E-state index in [1.165, 1.54) is 11.1 Å². The molecule has 3 aromatic rings. The Kier molecular flexibility index (Phi) is 6.68. The summed E-state index contributed by atoms with van der Waals surface area (Å²) < 4.78 is 5.70. The van der Waals surface area contributed by atoms with Gasteiger partial charge in [0, 0.05) is 11.9 Å². The first-order valence-electron chi connectivity index (χ1n) is 9.45. The third kappa shape index (κ3) is 5.87. The molecule has 0 aliphatic rings. The number of aliphatic imine (C=N–C) groups is 1. The zero-order chi connectivity index (χ0) is 19.8. The van der Waals surface area contributed by atoms with Crippen molar-refractivity contribution in [1.29, 1.82) is 0 Å². The molecule has 6 nitrogen and oxygen atoms in total. The molecule has 0 amide bonds. The number of aromatic amines is 1. The highest BCUT2D eigenvalue weighted by molar-refractivity contribution is 5.93. The second-order valence-corrected chi connectivity index (χ2v) is 6.84. The fourth-order valence-electron chi connectivity index (χ4n) is 2.68. The average molecular weight is 377 g/mol. The molecule has 146 valence electrons. The van der Waals surface area contributed by atoms with Crippen molar-refractivity contribution in [3.8, 4) is 5.75 Å². The molecule has 0 atom stereocenters. The Bertz CT molecular complexity index is 886. The van der Waals surface area contributed by atoms with E-state index in [0.29, 0.717) is 19.0 Å². The molecule has 3 rings (SSSR count). The molecule has 6 heteroatoms. The van der Waals surface area contributed by atoms with Crippen molar-refractivity contribution in [3.63, 3.8) is 0 Å². The van der Waals surface area contributed by atoms with Crippen LogP contribution in [0.1, 0.15) is 30.7 Å². The smallest absolute Gasteiger partial charge is 0.196 e. The fraction of sp³-hybridized carbons (Fsp3) is 0.273. The third-order valence-corrected chi connectivity index (χ3v) is 4.16. The topological polar surface area (TPSA) is 74.3 Å². The standard InChI is InChI=1S/C22H27N5O/c1-16(2)28-21-10-8-19(9-11-21)26-22(24-15-20-12-13-25-27-20)23-14-18-7-5-4-6-17(18)3/h4-13,16H,14-15H2,1-3H3,(H,25,27)(H2,23,24,26). The van der Waals surface area contributed by atoms with Crippen LogP contribution in [0, 0.1) is 6.92 Å². The number of hydrogen-bond acceptors (Lipinski definition) is 3. The molecule has 0 unspecified atom stereocenters. The van der Waals surface area contributed by atoms with Gasteiger partial charge in [-0.1, -0.05) is 24.3 Å². The molecule has 3 N–H and O–H groups in total. The Morgan fingerprint density at radius 3 is 2.57 bits per heavy atom. The molecular weight excluding hydrogens is 350 g/mol. The van der Waals surface area contributed by atoms with Gasteiger partial charge in [0.05, 0.1) is 24.9 Å². The summed E-state index contributed by atoms with van der Waals surface area (Å²) in [6.45, 7) is 7.33. The van der Waals surface area contributed by atoms with E-state index in [-0.39, 0.29) is 6.10 Å². The number of nitrogens with one attached hydrogen (secondary N) is 3. The Labute approximate surface area is 166 Å². The van der Waals surface area contributed by atoms with Gasteiger partial charge in [-0.2, -0.15) is 5.10 Å². The van der Waals surface area contributed by atoms with Crippen LogP contribution in [0.25, 0.3) is 0 Å². The van der Waals surface area contributed by atoms with E-state index in [9.17, 15) is 0 Å². The van der Waals surface area contributed by atoms with Crippen LogP contribution in [-0.4, -0.2) is 22.3 Å². The predicted molar refractivity (Wildman–Crippen MR) is 114 cm³/mol. The summed E-state index contributed by atoms with van der Waals surface area (Å²) in [4.78, 5) is 4.75. The van der Waals surface area contributed by atoms with Gasteiger partial charge in [0.2, 0.25) is 0 Å². The van der Waals surface area contributed by atoms with Crippen LogP contribution < -0.4 is 15.4 Å². The summed E-state index contributed by atoms with van der Waals surface area (Å²) in [5.74, 6) is 1.56. The van der Waals surface area contributed by atoms with E-state index in [2.05, 4.69) is 39.9 Å².